The van der Waals surface area contributed by atoms with Crippen LogP contribution in [0.25, 0.3) is 28.3 Å². The molecule has 0 radical (unpaired) electrons. The molecule has 0 aliphatic carbocycles. The minimum absolute atomic E-state index is 0.0394. The molecule has 0 amide bonds. The molecule has 0 spiro atoms. The number of hydrogen-bond donors (Lipinski definition) is 0. The van der Waals surface area contributed by atoms with E-state index in [1.807, 2.05) is 24.3 Å². The zero-order valence-electron chi connectivity index (χ0n) is 19.4. The van der Waals surface area contributed by atoms with E-state index in [0.29, 0.717) is 17.2 Å². The molecule has 0 N–H and O–H groups in total. The van der Waals surface area contributed by atoms with Crippen molar-refractivity contribution in [1.82, 2.24) is 0 Å². The zero-order valence-corrected chi connectivity index (χ0v) is 19.4. The van der Waals surface area contributed by atoms with Gasteiger partial charge in [-0.05, 0) is 65.1 Å². The van der Waals surface area contributed by atoms with E-state index in [1.54, 1.807) is 6.07 Å². The molecule has 0 unspecified atom stereocenters. The van der Waals surface area contributed by atoms with E-state index in [0.717, 1.165) is 30.5 Å². The van der Waals surface area contributed by atoms with Crippen LogP contribution in [0.1, 0.15) is 24.5 Å². The standard InChI is InChI=1S/C30H23F5O/c1-2-3-20-4-6-21(7-5-20)24-9-8-23(28(32)18-24)16-17-30(34,35)36-26-14-15-27(29(33)19-26)22-10-12-25(31)13-11-22/h4-19H,2-3H2,1H3. The topological polar surface area (TPSA) is 9.23 Å². The van der Waals surface area contributed by atoms with Crippen LogP contribution in [0, 0.1) is 17.5 Å². The summed E-state index contributed by atoms with van der Waals surface area (Å²) in [5.41, 5.74) is 3.11. The molecule has 6 heteroatoms. The van der Waals surface area contributed by atoms with Gasteiger partial charge in [0.2, 0.25) is 0 Å². The smallest absolute Gasteiger partial charge is 0.419 e. The van der Waals surface area contributed by atoms with Crippen molar-refractivity contribution in [2.45, 2.75) is 25.9 Å². The highest BCUT2D eigenvalue weighted by Gasteiger charge is 2.28. The first-order valence-electron chi connectivity index (χ1n) is 11.4. The molecule has 0 saturated heterocycles. The van der Waals surface area contributed by atoms with E-state index in [4.69, 9.17) is 0 Å². The van der Waals surface area contributed by atoms with Crippen LogP contribution in [-0.4, -0.2) is 6.11 Å². The summed E-state index contributed by atoms with van der Waals surface area (Å²) in [6, 6.07) is 20.5. The fourth-order valence-electron chi connectivity index (χ4n) is 3.80. The number of benzene rings is 4. The Morgan fingerprint density at radius 3 is 2.03 bits per heavy atom. The van der Waals surface area contributed by atoms with Gasteiger partial charge in [0, 0.05) is 23.3 Å². The molecule has 0 heterocycles. The maximum atomic E-state index is 14.6. The van der Waals surface area contributed by atoms with Gasteiger partial charge in [-0.25, -0.2) is 13.2 Å². The van der Waals surface area contributed by atoms with Crippen molar-refractivity contribution in [2.75, 3.05) is 0 Å². The van der Waals surface area contributed by atoms with Gasteiger partial charge >= 0.3 is 6.11 Å². The molecule has 0 fully saturated rings. The Balaban J connectivity index is 1.46. The minimum atomic E-state index is -3.82. The van der Waals surface area contributed by atoms with Gasteiger partial charge in [-0.3, -0.25) is 0 Å². The SMILES string of the molecule is CCCc1ccc(-c2ccc(C=CC(F)(F)Oc3ccc(-c4ccc(F)cc4)c(F)c3)c(F)c2)cc1. The second kappa shape index (κ2) is 10.8. The summed E-state index contributed by atoms with van der Waals surface area (Å²) in [5, 5.41) is 0. The molecule has 4 rings (SSSR count). The minimum Gasteiger partial charge on any atom is -0.429 e. The predicted molar refractivity (Wildman–Crippen MR) is 132 cm³/mol. The van der Waals surface area contributed by atoms with Crippen LogP contribution < -0.4 is 4.74 Å². The molecule has 0 saturated carbocycles. The molecule has 0 aliphatic heterocycles. The van der Waals surface area contributed by atoms with Gasteiger partial charge < -0.3 is 4.74 Å². The van der Waals surface area contributed by atoms with E-state index in [2.05, 4.69) is 11.7 Å². The molecule has 4 aromatic rings. The number of rotatable bonds is 8. The molecule has 0 atom stereocenters. The second-order valence-corrected chi connectivity index (χ2v) is 8.33. The number of hydrogen-bond acceptors (Lipinski definition) is 1. The summed E-state index contributed by atoms with van der Waals surface area (Å²) in [6.07, 6.45) is -0.494. The van der Waals surface area contributed by atoms with Gasteiger partial charge in [0.05, 0.1) is 0 Å². The van der Waals surface area contributed by atoms with Gasteiger partial charge in [-0.2, -0.15) is 8.78 Å². The summed E-state index contributed by atoms with van der Waals surface area (Å²) in [7, 11) is 0. The van der Waals surface area contributed by atoms with E-state index in [-0.39, 0.29) is 11.1 Å². The maximum absolute atomic E-state index is 14.6. The number of halogens is 5. The molecular weight excluding hydrogens is 471 g/mol. The van der Waals surface area contributed by atoms with Crippen LogP contribution in [0.15, 0.2) is 91.0 Å². The number of alkyl halides is 2. The van der Waals surface area contributed by atoms with Crippen molar-refractivity contribution in [1.29, 1.82) is 0 Å². The van der Waals surface area contributed by atoms with Crippen LogP contribution >= 0.6 is 0 Å². The van der Waals surface area contributed by atoms with E-state index in [9.17, 15) is 22.0 Å². The molecule has 1 nitrogen and oxygen atoms in total. The van der Waals surface area contributed by atoms with E-state index < -0.39 is 29.3 Å². The lowest BCUT2D eigenvalue weighted by Crippen LogP contribution is -2.21. The summed E-state index contributed by atoms with van der Waals surface area (Å²) >= 11 is 0. The fraction of sp³-hybridized carbons (Fsp3) is 0.133. The third kappa shape index (κ3) is 6.19. The van der Waals surface area contributed by atoms with Crippen LogP contribution in [0.2, 0.25) is 0 Å². The lowest BCUT2D eigenvalue weighted by molar-refractivity contribution is -0.131. The normalized spacial score (nSPS) is 11.7. The Labute approximate surface area is 206 Å². The van der Waals surface area contributed by atoms with Crippen molar-refractivity contribution in [3.8, 4) is 28.0 Å². The first-order valence-corrected chi connectivity index (χ1v) is 11.4. The maximum Gasteiger partial charge on any atom is 0.419 e. The Morgan fingerprint density at radius 2 is 1.39 bits per heavy atom. The Hall–Kier alpha value is -3.93. The van der Waals surface area contributed by atoms with Crippen molar-refractivity contribution >= 4 is 6.08 Å². The Bertz CT molecular complexity index is 1360. The third-order valence-electron chi connectivity index (χ3n) is 5.63. The van der Waals surface area contributed by atoms with Gasteiger partial charge in [0.15, 0.2) is 0 Å². The van der Waals surface area contributed by atoms with Crippen LogP contribution in [0.5, 0.6) is 5.75 Å². The fourth-order valence-corrected chi connectivity index (χ4v) is 3.80. The van der Waals surface area contributed by atoms with E-state index in [1.165, 1.54) is 54.1 Å². The highest BCUT2D eigenvalue weighted by molar-refractivity contribution is 5.67. The molecule has 36 heavy (non-hydrogen) atoms. The summed E-state index contributed by atoms with van der Waals surface area (Å²) in [5.74, 6) is -2.34. The molecule has 0 aromatic heterocycles. The summed E-state index contributed by atoms with van der Waals surface area (Å²) < 4.78 is 75.5. The summed E-state index contributed by atoms with van der Waals surface area (Å²) in [6.45, 7) is 2.09. The van der Waals surface area contributed by atoms with Gasteiger partial charge in [-0.1, -0.05) is 61.9 Å². The molecule has 0 aliphatic rings. The second-order valence-electron chi connectivity index (χ2n) is 8.33. The molecule has 184 valence electrons. The Kier molecular flexibility index (Phi) is 7.53. The monoisotopic (exact) mass is 494 g/mol. The highest BCUT2D eigenvalue weighted by atomic mass is 19.3. The molecular formula is C30H23F5O. The third-order valence-corrected chi connectivity index (χ3v) is 5.63. The van der Waals surface area contributed by atoms with Crippen LogP contribution in [0.3, 0.4) is 0 Å². The van der Waals surface area contributed by atoms with Crippen molar-refractivity contribution < 1.29 is 26.7 Å². The van der Waals surface area contributed by atoms with Gasteiger partial charge in [0.25, 0.3) is 0 Å². The average molecular weight is 495 g/mol. The molecule has 0 bridgehead atoms. The zero-order chi connectivity index (χ0) is 25.7. The summed E-state index contributed by atoms with van der Waals surface area (Å²) in [4.78, 5) is 0. The lowest BCUT2D eigenvalue weighted by atomic mass is 10.0. The number of ether oxygens (including phenoxy) is 1. The highest BCUT2D eigenvalue weighted by Crippen LogP contribution is 2.30. The van der Waals surface area contributed by atoms with Gasteiger partial charge in [-0.15, -0.1) is 0 Å². The first kappa shape index (κ1) is 25.2. The average Bonchev–Trinajstić information content (AvgIpc) is 2.84. The largest absolute Gasteiger partial charge is 0.429 e. The van der Waals surface area contributed by atoms with E-state index >= 15 is 0 Å². The Morgan fingerprint density at radius 1 is 0.722 bits per heavy atom. The van der Waals surface area contributed by atoms with Crippen LogP contribution in [-0.2, 0) is 6.42 Å². The quantitative estimate of drug-likeness (QED) is 0.222. The lowest BCUT2D eigenvalue weighted by Gasteiger charge is -2.15. The molecule has 4 aromatic carbocycles. The van der Waals surface area contributed by atoms with Gasteiger partial charge in [0.1, 0.15) is 23.2 Å². The van der Waals surface area contributed by atoms with Crippen molar-refractivity contribution in [3.05, 3.63) is 120 Å². The van der Waals surface area contributed by atoms with Crippen molar-refractivity contribution in [2.24, 2.45) is 0 Å². The first-order chi connectivity index (χ1) is 17.2. The van der Waals surface area contributed by atoms with Crippen molar-refractivity contribution in [3.63, 3.8) is 0 Å². The van der Waals surface area contributed by atoms with Crippen LogP contribution in [0.4, 0.5) is 22.0 Å². The number of aryl methyl sites for hydroxylation is 1. The predicted octanol–water partition coefficient (Wildman–Crippen LogP) is 9.08.